The normalized spacial score (nSPS) is 11.5. The van der Waals surface area contributed by atoms with Gasteiger partial charge in [-0.15, -0.1) is 0 Å². The Bertz CT molecular complexity index is 1190. The van der Waals surface area contributed by atoms with Gasteiger partial charge in [-0.3, -0.25) is 0 Å². The highest BCUT2D eigenvalue weighted by atomic mass is 19.4. The molecule has 1 N–H and O–H groups in total. The van der Waals surface area contributed by atoms with Crippen molar-refractivity contribution in [3.8, 4) is 17.4 Å². The van der Waals surface area contributed by atoms with Crippen molar-refractivity contribution in [2.45, 2.75) is 13.1 Å². The van der Waals surface area contributed by atoms with E-state index in [1.807, 2.05) is 42.5 Å². The van der Waals surface area contributed by atoms with Gasteiger partial charge in [-0.1, -0.05) is 42.5 Å². The molecule has 152 valence electrons. The maximum atomic E-state index is 13.0. The Kier molecular flexibility index (Phi) is 5.22. The Hall–Kier alpha value is -3.68. The first-order valence-electron chi connectivity index (χ1n) is 9.25. The van der Waals surface area contributed by atoms with Gasteiger partial charge in [0.15, 0.2) is 5.82 Å². The van der Waals surface area contributed by atoms with Gasteiger partial charge in [-0.25, -0.2) is 0 Å². The van der Waals surface area contributed by atoms with Gasteiger partial charge in [0.25, 0.3) is 0 Å². The Labute approximate surface area is 170 Å². The molecule has 0 saturated carbocycles. The lowest BCUT2D eigenvalue weighted by atomic mass is 10.1. The summed E-state index contributed by atoms with van der Waals surface area (Å²) in [6.07, 6.45) is -4.44. The molecule has 0 radical (unpaired) electrons. The summed E-state index contributed by atoms with van der Waals surface area (Å²) in [6.45, 7) is 2.13. The molecule has 3 aromatic carbocycles. The van der Waals surface area contributed by atoms with Crippen molar-refractivity contribution in [2.24, 2.45) is 0 Å². The van der Waals surface area contributed by atoms with Crippen molar-refractivity contribution in [2.75, 3.05) is 11.9 Å². The number of fused-ring (bicyclic) bond motifs is 1. The number of nitrogens with one attached hydrogen (secondary N) is 1. The van der Waals surface area contributed by atoms with E-state index in [0.29, 0.717) is 12.4 Å². The van der Waals surface area contributed by atoms with Gasteiger partial charge in [0.2, 0.25) is 5.95 Å². The molecule has 30 heavy (non-hydrogen) atoms. The fraction of sp³-hybridized carbons (Fsp3) is 0.136. The van der Waals surface area contributed by atoms with E-state index < -0.39 is 11.7 Å². The maximum absolute atomic E-state index is 13.0. The smallest absolute Gasteiger partial charge is 0.416 e. The molecule has 0 amide bonds. The first kappa shape index (κ1) is 19.6. The van der Waals surface area contributed by atoms with Crippen LogP contribution in [0.5, 0.6) is 6.01 Å². The first-order valence-corrected chi connectivity index (χ1v) is 9.25. The number of anilines is 2. The lowest BCUT2D eigenvalue weighted by Gasteiger charge is -2.11. The molecule has 0 saturated heterocycles. The van der Waals surface area contributed by atoms with Crippen LogP contribution in [0.15, 0.2) is 66.7 Å². The lowest BCUT2D eigenvalue weighted by molar-refractivity contribution is -0.137. The summed E-state index contributed by atoms with van der Waals surface area (Å²) in [5, 5.41) is 4.91. The van der Waals surface area contributed by atoms with Crippen molar-refractivity contribution in [3.05, 3.63) is 72.3 Å². The monoisotopic (exact) mass is 410 g/mol. The molecular weight excluding hydrogens is 393 g/mol. The summed E-state index contributed by atoms with van der Waals surface area (Å²) >= 11 is 0. The van der Waals surface area contributed by atoms with Crippen LogP contribution < -0.4 is 10.1 Å². The summed E-state index contributed by atoms with van der Waals surface area (Å²) in [5.41, 5.74) is 0.188. The Morgan fingerprint density at radius 1 is 0.867 bits per heavy atom. The third-order valence-electron chi connectivity index (χ3n) is 4.34. The molecule has 0 fully saturated rings. The molecule has 4 rings (SSSR count). The highest BCUT2D eigenvalue weighted by molar-refractivity contribution is 5.86. The number of rotatable bonds is 5. The Morgan fingerprint density at radius 2 is 1.67 bits per heavy atom. The number of hydrogen-bond donors (Lipinski definition) is 1. The predicted molar refractivity (Wildman–Crippen MR) is 109 cm³/mol. The van der Waals surface area contributed by atoms with Crippen LogP contribution in [0.3, 0.4) is 0 Å². The predicted octanol–water partition coefficient (Wildman–Crippen LogP) is 5.85. The molecule has 0 aliphatic rings. The van der Waals surface area contributed by atoms with E-state index in [4.69, 9.17) is 4.74 Å². The van der Waals surface area contributed by atoms with Crippen LogP contribution in [-0.2, 0) is 6.18 Å². The second-order valence-corrected chi connectivity index (χ2v) is 6.46. The van der Waals surface area contributed by atoms with Crippen molar-refractivity contribution in [1.29, 1.82) is 0 Å². The van der Waals surface area contributed by atoms with Crippen LogP contribution in [-0.4, -0.2) is 21.6 Å². The van der Waals surface area contributed by atoms with E-state index in [1.54, 1.807) is 6.92 Å². The number of ether oxygens (including phenoxy) is 1. The minimum absolute atomic E-state index is 0.0881. The van der Waals surface area contributed by atoms with E-state index in [-0.39, 0.29) is 17.6 Å². The summed E-state index contributed by atoms with van der Waals surface area (Å²) in [4.78, 5) is 12.9. The average Bonchev–Trinajstić information content (AvgIpc) is 2.73. The molecule has 0 atom stereocenters. The highest BCUT2D eigenvalue weighted by Crippen LogP contribution is 2.31. The van der Waals surface area contributed by atoms with Crippen LogP contribution in [0.4, 0.5) is 24.8 Å². The largest absolute Gasteiger partial charge is 0.464 e. The number of nitrogens with zero attached hydrogens (tertiary/aromatic N) is 3. The Balaban J connectivity index is 1.72. The average molecular weight is 410 g/mol. The van der Waals surface area contributed by atoms with E-state index in [9.17, 15) is 13.2 Å². The molecule has 4 aromatic rings. The number of hydrogen-bond acceptors (Lipinski definition) is 5. The molecule has 8 heteroatoms. The van der Waals surface area contributed by atoms with Crippen LogP contribution in [0.2, 0.25) is 0 Å². The van der Waals surface area contributed by atoms with Crippen LogP contribution in [0.25, 0.3) is 22.2 Å². The van der Waals surface area contributed by atoms with Gasteiger partial charge in [-0.2, -0.15) is 28.1 Å². The van der Waals surface area contributed by atoms with Gasteiger partial charge >= 0.3 is 12.2 Å². The quantitative estimate of drug-likeness (QED) is 0.447. The van der Waals surface area contributed by atoms with Crippen LogP contribution in [0.1, 0.15) is 12.5 Å². The van der Waals surface area contributed by atoms with E-state index in [1.165, 1.54) is 12.1 Å². The van der Waals surface area contributed by atoms with Crippen LogP contribution >= 0.6 is 0 Å². The van der Waals surface area contributed by atoms with Crippen LogP contribution in [0, 0.1) is 0 Å². The van der Waals surface area contributed by atoms with Gasteiger partial charge in [0.05, 0.1) is 12.2 Å². The first-order chi connectivity index (χ1) is 14.4. The molecule has 5 nitrogen and oxygen atoms in total. The number of benzene rings is 3. The fourth-order valence-electron chi connectivity index (χ4n) is 2.97. The van der Waals surface area contributed by atoms with E-state index in [0.717, 1.165) is 28.5 Å². The topological polar surface area (TPSA) is 59.9 Å². The summed E-state index contributed by atoms with van der Waals surface area (Å²) in [5.74, 6) is 0.449. The maximum Gasteiger partial charge on any atom is 0.416 e. The summed E-state index contributed by atoms with van der Waals surface area (Å²) < 4.78 is 44.4. The molecule has 0 bridgehead atoms. The zero-order valence-corrected chi connectivity index (χ0v) is 15.9. The van der Waals surface area contributed by atoms with E-state index in [2.05, 4.69) is 20.3 Å². The SMILES string of the molecule is CCOc1nc(Nc2cccc(C(F)(F)F)c2)nc(-c2ccc3ccccc3c2)n1. The zero-order chi connectivity index (χ0) is 21.1. The van der Waals surface area contributed by atoms with Gasteiger partial charge in [0, 0.05) is 11.3 Å². The molecule has 0 spiro atoms. The molecule has 0 aliphatic heterocycles. The second-order valence-electron chi connectivity index (χ2n) is 6.46. The van der Waals surface area contributed by atoms with Crippen molar-refractivity contribution < 1.29 is 17.9 Å². The molecule has 0 unspecified atom stereocenters. The molecule has 0 aliphatic carbocycles. The zero-order valence-electron chi connectivity index (χ0n) is 15.9. The van der Waals surface area contributed by atoms with Gasteiger partial charge in [-0.05, 0) is 42.0 Å². The molecule has 1 heterocycles. The second kappa shape index (κ2) is 7.98. The number of aromatic nitrogens is 3. The standard InChI is InChI=1S/C22H17F3N4O/c1-2-30-21-28-19(16-11-10-14-6-3-4-7-15(14)12-16)27-20(29-21)26-18-9-5-8-17(13-18)22(23,24)25/h3-13H,2H2,1H3,(H,26,27,28,29). The Morgan fingerprint density at radius 3 is 2.43 bits per heavy atom. The molecule has 1 aromatic heterocycles. The summed E-state index contributed by atoms with van der Waals surface area (Å²) in [7, 11) is 0. The lowest BCUT2D eigenvalue weighted by Crippen LogP contribution is -2.07. The number of halogens is 3. The highest BCUT2D eigenvalue weighted by Gasteiger charge is 2.30. The minimum Gasteiger partial charge on any atom is -0.464 e. The molecular formula is C22H17F3N4O. The third kappa shape index (κ3) is 4.32. The third-order valence-corrected chi connectivity index (χ3v) is 4.34. The van der Waals surface area contributed by atoms with Crippen molar-refractivity contribution in [1.82, 2.24) is 15.0 Å². The number of alkyl halides is 3. The van der Waals surface area contributed by atoms with Crippen molar-refractivity contribution in [3.63, 3.8) is 0 Å². The minimum atomic E-state index is -4.44. The van der Waals surface area contributed by atoms with E-state index >= 15 is 0 Å². The van der Waals surface area contributed by atoms with Crippen molar-refractivity contribution >= 4 is 22.4 Å². The van der Waals surface area contributed by atoms with Gasteiger partial charge < -0.3 is 10.1 Å². The fourth-order valence-corrected chi connectivity index (χ4v) is 2.97. The van der Waals surface area contributed by atoms with Gasteiger partial charge in [0.1, 0.15) is 0 Å². The summed E-state index contributed by atoms with van der Waals surface area (Å²) in [6, 6.07) is 18.6.